The Morgan fingerprint density at radius 2 is 2.04 bits per heavy atom. The number of aromatic nitrogens is 2. The molecular formula is C14H15ClN4O4. The second-order valence-electron chi connectivity index (χ2n) is 4.74. The molecule has 0 spiro atoms. The Bertz CT molecular complexity index is 686. The number of carboxylic acid groups (broad SMARTS) is 1. The molecule has 0 saturated heterocycles. The van der Waals surface area contributed by atoms with E-state index in [1.54, 1.807) is 24.3 Å². The summed E-state index contributed by atoms with van der Waals surface area (Å²) in [5, 5.41) is 15.6. The fraction of sp³-hybridized carbons (Fsp3) is 0.286. The first kappa shape index (κ1) is 16.8. The zero-order chi connectivity index (χ0) is 16.8. The fourth-order valence-electron chi connectivity index (χ4n) is 1.69. The first-order valence-electron chi connectivity index (χ1n) is 6.75. The highest BCUT2D eigenvalue weighted by atomic mass is 35.5. The van der Waals surface area contributed by atoms with Gasteiger partial charge in [0.05, 0.1) is 13.0 Å². The Kier molecular flexibility index (Phi) is 5.53. The molecule has 23 heavy (non-hydrogen) atoms. The lowest BCUT2D eigenvalue weighted by molar-refractivity contribution is -0.137. The molecule has 1 aromatic carbocycles. The third kappa shape index (κ3) is 4.96. The molecule has 1 heterocycles. The number of aliphatic carboxylic acids is 1. The maximum absolute atomic E-state index is 11.8. The number of nitrogens with one attached hydrogen (secondary N) is 1. The van der Waals surface area contributed by atoms with Crippen LogP contribution in [0.3, 0.4) is 0 Å². The normalized spacial score (nSPS) is 10.3. The van der Waals surface area contributed by atoms with Gasteiger partial charge in [0, 0.05) is 24.2 Å². The highest BCUT2D eigenvalue weighted by Crippen LogP contribution is 2.18. The summed E-state index contributed by atoms with van der Waals surface area (Å²) in [6, 6.07) is 6.53. The minimum Gasteiger partial charge on any atom is -0.481 e. The molecule has 0 atom stereocenters. The second-order valence-corrected chi connectivity index (χ2v) is 5.18. The van der Waals surface area contributed by atoms with Gasteiger partial charge in [-0.2, -0.15) is 4.98 Å². The van der Waals surface area contributed by atoms with Crippen LogP contribution in [0.25, 0.3) is 11.4 Å². The van der Waals surface area contributed by atoms with Crippen molar-refractivity contribution in [3.8, 4) is 11.4 Å². The third-order valence-corrected chi connectivity index (χ3v) is 3.22. The number of carbonyl (C=O) groups excluding carboxylic acids is 1. The number of hydrogen-bond donors (Lipinski definition) is 2. The van der Waals surface area contributed by atoms with Gasteiger partial charge in [-0.3, -0.25) is 4.79 Å². The maximum atomic E-state index is 11.8. The number of urea groups is 1. The topological polar surface area (TPSA) is 109 Å². The van der Waals surface area contributed by atoms with Gasteiger partial charge in [-0.1, -0.05) is 16.8 Å². The van der Waals surface area contributed by atoms with Crippen LogP contribution >= 0.6 is 11.6 Å². The van der Waals surface area contributed by atoms with E-state index >= 15 is 0 Å². The van der Waals surface area contributed by atoms with Crippen LogP contribution in [0, 0.1) is 0 Å². The summed E-state index contributed by atoms with van der Waals surface area (Å²) < 4.78 is 5.06. The van der Waals surface area contributed by atoms with Crippen LogP contribution in [-0.2, 0) is 11.3 Å². The molecule has 0 aliphatic carbocycles. The average Bonchev–Trinajstić information content (AvgIpc) is 2.99. The number of hydrogen-bond acceptors (Lipinski definition) is 5. The molecular weight excluding hydrogens is 324 g/mol. The van der Waals surface area contributed by atoms with Crippen LogP contribution in [0.1, 0.15) is 12.3 Å². The summed E-state index contributed by atoms with van der Waals surface area (Å²) in [4.78, 5) is 27.7. The predicted octanol–water partition coefficient (Wildman–Crippen LogP) is 2.01. The van der Waals surface area contributed by atoms with E-state index in [-0.39, 0.29) is 25.4 Å². The lowest BCUT2D eigenvalue weighted by atomic mass is 10.2. The summed E-state index contributed by atoms with van der Waals surface area (Å²) >= 11 is 5.81. The highest BCUT2D eigenvalue weighted by molar-refractivity contribution is 6.30. The zero-order valence-corrected chi connectivity index (χ0v) is 13.1. The van der Waals surface area contributed by atoms with Crippen molar-refractivity contribution in [2.24, 2.45) is 0 Å². The largest absolute Gasteiger partial charge is 0.481 e. The van der Waals surface area contributed by atoms with E-state index in [1.807, 2.05) is 0 Å². The molecule has 2 aromatic rings. The third-order valence-electron chi connectivity index (χ3n) is 2.97. The van der Waals surface area contributed by atoms with Crippen molar-refractivity contribution in [1.82, 2.24) is 20.4 Å². The number of rotatable bonds is 6. The van der Waals surface area contributed by atoms with E-state index in [0.717, 1.165) is 5.56 Å². The van der Waals surface area contributed by atoms with Crippen LogP contribution in [0.4, 0.5) is 4.79 Å². The molecule has 0 aliphatic rings. The Balaban J connectivity index is 1.88. The van der Waals surface area contributed by atoms with Gasteiger partial charge < -0.3 is 19.8 Å². The SMILES string of the molecule is CN(CCC(=O)O)C(=O)NCc1nc(-c2ccc(Cl)cc2)no1. The molecule has 9 heteroatoms. The van der Waals surface area contributed by atoms with Gasteiger partial charge in [-0.05, 0) is 24.3 Å². The summed E-state index contributed by atoms with van der Waals surface area (Å²) in [6.07, 6.45) is -0.120. The smallest absolute Gasteiger partial charge is 0.317 e. The number of amides is 2. The zero-order valence-electron chi connectivity index (χ0n) is 12.3. The summed E-state index contributed by atoms with van der Waals surface area (Å²) in [7, 11) is 1.51. The van der Waals surface area contributed by atoms with E-state index < -0.39 is 12.0 Å². The molecule has 2 N–H and O–H groups in total. The van der Waals surface area contributed by atoms with Gasteiger partial charge >= 0.3 is 12.0 Å². The van der Waals surface area contributed by atoms with E-state index in [2.05, 4.69) is 15.5 Å². The lowest BCUT2D eigenvalue weighted by Gasteiger charge is -2.15. The molecule has 0 saturated carbocycles. The number of nitrogens with zero attached hydrogens (tertiary/aromatic N) is 3. The fourth-order valence-corrected chi connectivity index (χ4v) is 1.82. The van der Waals surface area contributed by atoms with Crippen molar-refractivity contribution in [3.63, 3.8) is 0 Å². The standard InChI is InChI=1S/C14H15ClN4O4/c1-19(7-6-12(20)21)14(22)16-8-11-17-13(18-23-11)9-2-4-10(15)5-3-9/h2-5H,6-8H2,1H3,(H,16,22)(H,20,21). The molecule has 0 unspecified atom stereocenters. The maximum Gasteiger partial charge on any atom is 0.317 e. The molecule has 0 radical (unpaired) electrons. The molecule has 0 bridgehead atoms. The first-order valence-corrected chi connectivity index (χ1v) is 7.13. The van der Waals surface area contributed by atoms with Crippen molar-refractivity contribution >= 4 is 23.6 Å². The van der Waals surface area contributed by atoms with Crippen molar-refractivity contribution in [2.45, 2.75) is 13.0 Å². The molecule has 8 nitrogen and oxygen atoms in total. The number of carbonyl (C=O) groups is 2. The molecule has 122 valence electrons. The molecule has 0 fully saturated rings. The van der Waals surface area contributed by atoms with Crippen LogP contribution < -0.4 is 5.32 Å². The van der Waals surface area contributed by atoms with Gasteiger partial charge in [0.25, 0.3) is 0 Å². The van der Waals surface area contributed by atoms with Gasteiger partial charge in [-0.25, -0.2) is 4.79 Å². The van der Waals surface area contributed by atoms with Crippen molar-refractivity contribution < 1.29 is 19.2 Å². The average molecular weight is 339 g/mol. The first-order chi connectivity index (χ1) is 11.0. The van der Waals surface area contributed by atoms with Crippen LogP contribution in [0.2, 0.25) is 5.02 Å². The Labute approximate surface area is 137 Å². The minimum absolute atomic E-state index is 0.0524. The van der Waals surface area contributed by atoms with E-state index in [1.165, 1.54) is 11.9 Å². The minimum atomic E-state index is -0.964. The van der Waals surface area contributed by atoms with Crippen LogP contribution in [-0.4, -0.2) is 45.7 Å². The van der Waals surface area contributed by atoms with Gasteiger partial charge in [-0.15, -0.1) is 0 Å². The Hall–Kier alpha value is -2.61. The van der Waals surface area contributed by atoms with E-state index in [4.69, 9.17) is 21.2 Å². The number of halogens is 1. The molecule has 2 rings (SSSR count). The summed E-state index contributed by atoms with van der Waals surface area (Å²) in [5.74, 6) is -0.325. The Morgan fingerprint density at radius 1 is 1.35 bits per heavy atom. The quantitative estimate of drug-likeness (QED) is 0.834. The van der Waals surface area contributed by atoms with Gasteiger partial charge in [0.2, 0.25) is 11.7 Å². The van der Waals surface area contributed by atoms with Crippen molar-refractivity contribution in [3.05, 3.63) is 35.2 Å². The molecule has 2 amide bonds. The summed E-state index contributed by atoms with van der Waals surface area (Å²) in [5.41, 5.74) is 0.745. The Morgan fingerprint density at radius 3 is 2.70 bits per heavy atom. The van der Waals surface area contributed by atoms with E-state index in [9.17, 15) is 9.59 Å². The van der Waals surface area contributed by atoms with E-state index in [0.29, 0.717) is 10.8 Å². The lowest BCUT2D eigenvalue weighted by Crippen LogP contribution is -2.38. The van der Waals surface area contributed by atoms with Gasteiger partial charge in [0.15, 0.2) is 0 Å². The monoisotopic (exact) mass is 338 g/mol. The van der Waals surface area contributed by atoms with Crippen molar-refractivity contribution in [1.29, 1.82) is 0 Å². The van der Waals surface area contributed by atoms with Crippen LogP contribution in [0.15, 0.2) is 28.8 Å². The van der Waals surface area contributed by atoms with Crippen LogP contribution in [0.5, 0.6) is 0 Å². The van der Waals surface area contributed by atoms with Gasteiger partial charge in [0.1, 0.15) is 0 Å². The van der Waals surface area contributed by atoms with Crippen molar-refractivity contribution in [2.75, 3.05) is 13.6 Å². The predicted molar refractivity (Wildman–Crippen MR) is 81.9 cm³/mol. The molecule has 0 aliphatic heterocycles. The molecule has 1 aromatic heterocycles. The second kappa shape index (κ2) is 7.59. The number of benzene rings is 1. The summed E-state index contributed by atoms with van der Waals surface area (Å²) in [6.45, 7) is 0.165. The highest BCUT2D eigenvalue weighted by Gasteiger charge is 2.13. The number of carboxylic acids is 1.